The fraction of sp³-hybridized carbons (Fsp3) is 0.357. The van der Waals surface area contributed by atoms with Crippen LogP contribution in [0.15, 0.2) is 18.2 Å². The third-order valence-corrected chi connectivity index (χ3v) is 2.40. The number of benzene rings is 1. The van der Waals surface area contributed by atoms with Crippen LogP contribution in [-0.4, -0.2) is 42.3 Å². The molecule has 0 aliphatic heterocycles. The second-order valence-electron chi connectivity index (χ2n) is 4.32. The molecular weight excluding hydrogens is 271 g/mol. The first kappa shape index (κ1) is 16.1. The SMILES string of the molecule is Cc1cc(C#CCO)cc(C(=O)N(C)CC(F)(F)F)c1. The van der Waals surface area contributed by atoms with Gasteiger partial charge in [0.2, 0.25) is 0 Å². The maximum Gasteiger partial charge on any atom is 0.406 e. The number of nitrogens with zero attached hydrogens (tertiary/aromatic N) is 1. The molecule has 0 atom stereocenters. The molecule has 1 aromatic carbocycles. The van der Waals surface area contributed by atoms with Gasteiger partial charge in [-0.3, -0.25) is 4.79 Å². The fourth-order valence-electron chi connectivity index (χ4n) is 1.68. The van der Waals surface area contributed by atoms with Crippen molar-refractivity contribution in [2.75, 3.05) is 20.2 Å². The predicted molar refractivity (Wildman–Crippen MR) is 68.2 cm³/mol. The summed E-state index contributed by atoms with van der Waals surface area (Å²) < 4.78 is 36.8. The minimum absolute atomic E-state index is 0.138. The van der Waals surface area contributed by atoms with Crippen LogP contribution in [0.25, 0.3) is 0 Å². The molecule has 0 fully saturated rings. The smallest absolute Gasteiger partial charge is 0.384 e. The number of alkyl halides is 3. The van der Waals surface area contributed by atoms with E-state index in [-0.39, 0.29) is 12.2 Å². The molecule has 0 saturated heterocycles. The number of halogens is 3. The van der Waals surface area contributed by atoms with Gasteiger partial charge in [0.25, 0.3) is 5.91 Å². The van der Waals surface area contributed by atoms with Crippen molar-refractivity contribution in [2.24, 2.45) is 0 Å². The Morgan fingerprint density at radius 1 is 1.35 bits per heavy atom. The van der Waals surface area contributed by atoms with Gasteiger partial charge in [-0.1, -0.05) is 11.8 Å². The zero-order valence-corrected chi connectivity index (χ0v) is 11.1. The second-order valence-corrected chi connectivity index (χ2v) is 4.32. The van der Waals surface area contributed by atoms with Crippen LogP contribution in [0.5, 0.6) is 0 Å². The Kier molecular flexibility index (Phi) is 5.17. The van der Waals surface area contributed by atoms with E-state index in [2.05, 4.69) is 11.8 Å². The van der Waals surface area contributed by atoms with Crippen LogP contribution in [0.1, 0.15) is 21.5 Å². The van der Waals surface area contributed by atoms with Crippen molar-refractivity contribution in [2.45, 2.75) is 13.1 Å². The van der Waals surface area contributed by atoms with E-state index < -0.39 is 18.6 Å². The number of aliphatic hydroxyl groups is 1. The van der Waals surface area contributed by atoms with Crippen molar-refractivity contribution in [3.63, 3.8) is 0 Å². The molecule has 0 aliphatic carbocycles. The first-order valence-corrected chi connectivity index (χ1v) is 5.76. The number of aliphatic hydroxyl groups excluding tert-OH is 1. The van der Waals surface area contributed by atoms with E-state index in [1.54, 1.807) is 13.0 Å². The number of hydrogen-bond acceptors (Lipinski definition) is 2. The van der Waals surface area contributed by atoms with Crippen LogP contribution in [0.4, 0.5) is 13.2 Å². The van der Waals surface area contributed by atoms with Crippen LogP contribution >= 0.6 is 0 Å². The molecule has 1 rings (SSSR count). The van der Waals surface area contributed by atoms with Crippen molar-refractivity contribution < 1.29 is 23.1 Å². The van der Waals surface area contributed by atoms with Crippen LogP contribution < -0.4 is 0 Å². The summed E-state index contributed by atoms with van der Waals surface area (Å²) >= 11 is 0. The normalized spacial score (nSPS) is 10.7. The van der Waals surface area contributed by atoms with Crippen molar-refractivity contribution in [3.8, 4) is 11.8 Å². The highest BCUT2D eigenvalue weighted by Gasteiger charge is 2.31. The third kappa shape index (κ3) is 4.94. The van der Waals surface area contributed by atoms with Gasteiger partial charge < -0.3 is 10.0 Å². The fourth-order valence-corrected chi connectivity index (χ4v) is 1.68. The van der Waals surface area contributed by atoms with Gasteiger partial charge >= 0.3 is 6.18 Å². The van der Waals surface area contributed by atoms with Gasteiger partial charge in [-0.15, -0.1) is 0 Å². The van der Waals surface area contributed by atoms with Gasteiger partial charge in [0.15, 0.2) is 0 Å². The number of carbonyl (C=O) groups is 1. The molecule has 6 heteroatoms. The molecule has 0 spiro atoms. The van der Waals surface area contributed by atoms with Crippen LogP contribution in [-0.2, 0) is 0 Å². The Bertz CT molecular complexity index is 556. The highest BCUT2D eigenvalue weighted by atomic mass is 19.4. The van der Waals surface area contributed by atoms with Crippen molar-refractivity contribution in [1.29, 1.82) is 0 Å². The van der Waals surface area contributed by atoms with E-state index in [4.69, 9.17) is 5.11 Å². The van der Waals surface area contributed by atoms with Crippen molar-refractivity contribution in [1.82, 2.24) is 4.90 Å². The molecule has 0 unspecified atom stereocenters. The molecule has 1 N–H and O–H groups in total. The quantitative estimate of drug-likeness (QED) is 0.844. The zero-order valence-electron chi connectivity index (χ0n) is 11.1. The molecule has 0 heterocycles. The molecule has 0 aliphatic rings. The maximum atomic E-state index is 12.3. The number of amides is 1. The van der Waals surface area contributed by atoms with E-state index in [9.17, 15) is 18.0 Å². The predicted octanol–water partition coefficient (Wildman–Crippen LogP) is 1.97. The van der Waals surface area contributed by atoms with E-state index in [1.807, 2.05) is 0 Å². The summed E-state index contributed by atoms with van der Waals surface area (Å²) in [6.07, 6.45) is -4.44. The lowest BCUT2D eigenvalue weighted by Gasteiger charge is -2.19. The van der Waals surface area contributed by atoms with Gasteiger partial charge in [-0.05, 0) is 30.7 Å². The standard InChI is InChI=1S/C14H14F3NO2/c1-10-6-11(4-3-5-19)8-12(7-10)13(20)18(2)9-14(15,16)17/h6-8,19H,5,9H2,1-2H3. The molecule has 0 saturated carbocycles. The van der Waals surface area contributed by atoms with Gasteiger partial charge in [0.05, 0.1) is 0 Å². The van der Waals surface area contributed by atoms with Gasteiger partial charge in [0.1, 0.15) is 13.2 Å². The summed E-state index contributed by atoms with van der Waals surface area (Å²) in [5, 5.41) is 8.62. The molecule has 0 bridgehead atoms. The Morgan fingerprint density at radius 3 is 2.55 bits per heavy atom. The summed E-state index contributed by atoms with van der Waals surface area (Å²) in [7, 11) is 1.09. The van der Waals surface area contributed by atoms with Crippen molar-refractivity contribution >= 4 is 5.91 Å². The van der Waals surface area contributed by atoms with Crippen LogP contribution in [0.3, 0.4) is 0 Å². The third-order valence-electron chi connectivity index (χ3n) is 2.40. The first-order valence-electron chi connectivity index (χ1n) is 5.76. The average Bonchev–Trinajstić information content (AvgIpc) is 2.32. The Morgan fingerprint density at radius 2 is 2.00 bits per heavy atom. The van der Waals surface area contributed by atoms with E-state index in [0.717, 1.165) is 7.05 Å². The van der Waals surface area contributed by atoms with Crippen LogP contribution in [0, 0.1) is 18.8 Å². The Labute approximate surface area is 115 Å². The minimum Gasteiger partial charge on any atom is -0.384 e. The van der Waals surface area contributed by atoms with E-state index in [0.29, 0.717) is 16.0 Å². The lowest BCUT2D eigenvalue weighted by atomic mass is 10.1. The zero-order chi connectivity index (χ0) is 15.3. The molecule has 0 aromatic heterocycles. The van der Waals surface area contributed by atoms with Gasteiger partial charge in [-0.2, -0.15) is 13.2 Å². The Hall–Kier alpha value is -2.00. The topological polar surface area (TPSA) is 40.5 Å². The largest absolute Gasteiger partial charge is 0.406 e. The van der Waals surface area contributed by atoms with Crippen molar-refractivity contribution in [3.05, 3.63) is 34.9 Å². The summed E-state index contributed by atoms with van der Waals surface area (Å²) in [6.45, 7) is 0.0767. The highest BCUT2D eigenvalue weighted by Crippen LogP contribution is 2.18. The summed E-state index contributed by atoms with van der Waals surface area (Å²) in [6, 6.07) is 4.59. The molecule has 108 valence electrons. The molecule has 3 nitrogen and oxygen atoms in total. The lowest BCUT2D eigenvalue weighted by molar-refractivity contribution is -0.138. The monoisotopic (exact) mass is 285 g/mol. The molecule has 0 radical (unpaired) electrons. The lowest BCUT2D eigenvalue weighted by Crippen LogP contribution is -2.35. The molecule has 20 heavy (non-hydrogen) atoms. The van der Waals surface area contributed by atoms with Gasteiger partial charge in [-0.25, -0.2) is 0 Å². The number of rotatable bonds is 2. The number of hydrogen-bond donors (Lipinski definition) is 1. The van der Waals surface area contributed by atoms with Crippen LogP contribution in [0.2, 0.25) is 0 Å². The van der Waals surface area contributed by atoms with E-state index in [1.165, 1.54) is 12.1 Å². The number of carbonyl (C=O) groups excluding carboxylic acids is 1. The van der Waals surface area contributed by atoms with Gasteiger partial charge in [0, 0.05) is 18.2 Å². The number of aryl methyl sites for hydroxylation is 1. The maximum absolute atomic E-state index is 12.3. The highest BCUT2D eigenvalue weighted by molar-refractivity contribution is 5.94. The Balaban J connectivity index is 3.01. The summed E-state index contributed by atoms with van der Waals surface area (Å²) in [5.74, 6) is 4.33. The molecule has 1 amide bonds. The average molecular weight is 285 g/mol. The first-order chi connectivity index (χ1) is 9.23. The summed E-state index contributed by atoms with van der Waals surface area (Å²) in [4.78, 5) is 12.5. The molecule has 1 aromatic rings. The second kappa shape index (κ2) is 6.44. The van der Waals surface area contributed by atoms with E-state index >= 15 is 0 Å². The molecular formula is C14H14F3NO2. The summed E-state index contributed by atoms with van der Waals surface area (Å²) in [5.41, 5.74) is 1.32. The minimum atomic E-state index is -4.44.